The van der Waals surface area contributed by atoms with Gasteiger partial charge in [-0.25, -0.2) is 8.78 Å². The fourth-order valence-electron chi connectivity index (χ4n) is 5.13. The normalized spacial score (nSPS) is 18.2. The van der Waals surface area contributed by atoms with Crippen LogP contribution in [0.3, 0.4) is 0 Å². The predicted molar refractivity (Wildman–Crippen MR) is 130 cm³/mol. The largest absolute Gasteiger partial charge is 0.497 e. The van der Waals surface area contributed by atoms with E-state index in [4.69, 9.17) is 9.84 Å². The van der Waals surface area contributed by atoms with Crippen molar-refractivity contribution < 1.29 is 23.4 Å². The Morgan fingerprint density at radius 2 is 2.00 bits per heavy atom. The molecule has 2 aromatic carbocycles. The summed E-state index contributed by atoms with van der Waals surface area (Å²) in [5.74, 6) is -1.16. The quantitative estimate of drug-likeness (QED) is 0.567. The lowest BCUT2D eigenvalue weighted by molar-refractivity contribution is 0.0466. The van der Waals surface area contributed by atoms with Crippen LogP contribution in [0.15, 0.2) is 42.5 Å². The molecule has 2 aliphatic heterocycles. The van der Waals surface area contributed by atoms with Gasteiger partial charge in [0.25, 0.3) is 5.91 Å². The average Bonchev–Trinajstić information content (AvgIpc) is 3.24. The van der Waals surface area contributed by atoms with Crippen molar-refractivity contribution in [3.63, 3.8) is 0 Å². The third-order valence-corrected chi connectivity index (χ3v) is 6.99. The third-order valence-electron chi connectivity index (χ3n) is 6.99. The number of ether oxygens (including phenoxy) is 1. The van der Waals surface area contributed by atoms with Crippen molar-refractivity contribution in [3.05, 3.63) is 82.2 Å². The predicted octanol–water partition coefficient (Wildman–Crippen LogP) is 3.37. The van der Waals surface area contributed by atoms with Crippen molar-refractivity contribution in [3.8, 4) is 5.75 Å². The van der Waals surface area contributed by atoms with Crippen molar-refractivity contribution in [2.24, 2.45) is 0 Å². The number of carbonyl (C=O) groups is 1. The summed E-state index contributed by atoms with van der Waals surface area (Å²) in [4.78, 5) is 17.2. The number of benzene rings is 2. The van der Waals surface area contributed by atoms with E-state index in [1.807, 2.05) is 33.8 Å². The van der Waals surface area contributed by atoms with Gasteiger partial charge in [-0.1, -0.05) is 24.3 Å². The first-order valence-electron chi connectivity index (χ1n) is 12.3. The molecule has 1 aromatic heterocycles. The Kier molecular flexibility index (Phi) is 7.02. The zero-order valence-corrected chi connectivity index (χ0v) is 20.3. The molecule has 1 atom stereocenters. The topological polar surface area (TPSA) is 70.8 Å². The standard InChI is InChI=1S/C27H30F2N4O3/c1-36-21-8-2-5-18(13-21)14-33-24-10-12-31(15-19-6-3-9-23(28)25(19)29)17-22(24)26(30-33)27(35)32-11-4-7-20(34)16-32/h2-3,5-6,8-9,13,20,34H,4,7,10-12,14-17H2,1H3. The lowest BCUT2D eigenvalue weighted by Gasteiger charge is -2.31. The summed E-state index contributed by atoms with van der Waals surface area (Å²) in [5, 5.41) is 14.9. The molecule has 1 N–H and O–H groups in total. The second-order valence-electron chi connectivity index (χ2n) is 9.50. The Balaban J connectivity index is 1.46. The number of nitrogens with zero attached hydrogens (tertiary/aromatic N) is 4. The molecule has 3 heterocycles. The van der Waals surface area contributed by atoms with Gasteiger partial charge in [0, 0.05) is 56.0 Å². The van der Waals surface area contributed by atoms with Gasteiger partial charge in [-0.15, -0.1) is 0 Å². The first-order valence-corrected chi connectivity index (χ1v) is 12.3. The molecule has 1 saturated heterocycles. The number of likely N-dealkylation sites (tertiary alicyclic amines) is 1. The van der Waals surface area contributed by atoms with Crippen LogP contribution in [0.2, 0.25) is 0 Å². The molecule has 7 nitrogen and oxygen atoms in total. The summed E-state index contributed by atoms with van der Waals surface area (Å²) < 4.78 is 35.3. The summed E-state index contributed by atoms with van der Waals surface area (Å²) in [6, 6.07) is 11.9. The van der Waals surface area contributed by atoms with Gasteiger partial charge in [0.05, 0.1) is 19.8 Å². The maximum absolute atomic E-state index is 14.3. The van der Waals surface area contributed by atoms with Crippen LogP contribution in [0.5, 0.6) is 5.75 Å². The molecular formula is C27H30F2N4O3. The van der Waals surface area contributed by atoms with E-state index in [-0.39, 0.29) is 24.6 Å². The van der Waals surface area contributed by atoms with Crippen molar-refractivity contribution in [1.82, 2.24) is 19.6 Å². The molecule has 3 aromatic rings. The van der Waals surface area contributed by atoms with Crippen molar-refractivity contribution >= 4 is 5.91 Å². The number of hydrogen-bond acceptors (Lipinski definition) is 5. The van der Waals surface area contributed by atoms with Crippen molar-refractivity contribution in [1.29, 1.82) is 0 Å². The van der Waals surface area contributed by atoms with Gasteiger partial charge in [0.1, 0.15) is 5.75 Å². The van der Waals surface area contributed by atoms with Crippen LogP contribution in [-0.2, 0) is 26.1 Å². The lowest BCUT2D eigenvalue weighted by atomic mass is 10.0. The SMILES string of the molecule is COc1cccc(Cn2nc(C(=O)N3CCCC(O)C3)c3c2CCN(Cc2cccc(F)c2F)C3)c1. The van der Waals surface area contributed by atoms with E-state index in [0.717, 1.165) is 35.1 Å². The number of β-amino-alcohol motifs (C(OH)–C–C–N with tert-alkyl or cyclic N) is 1. The number of fused-ring (bicyclic) bond motifs is 1. The molecule has 0 spiro atoms. The smallest absolute Gasteiger partial charge is 0.274 e. The van der Waals surface area contributed by atoms with Crippen LogP contribution >= 0.6 is 0 Å². The van der Waals surface area contributed by atoms with Crippen molar-refractivity contribution in [2.75, 3.05) is 26.7 Å². The second kappa shape index (κ2) is 10.4. The van der Waals surface area contributed by atoms with Gasteiger partial charge in [0.15, 0.2) is 17.3 Å². The minimum absolute atomic E-state index is 0.201. The van der Waals surface area contributed by atoms with E-state index in [0.29, 0.717) is 44.7 Å². The Morgan fingerprint density at radius 1 is 1.17 bits per heavy atom. The Labute approximate surface area is 208 Å². The molecule has 36 heavy (non-hydrogen) atoms. The number of hydrogen-bond donors (Lipinski definition) is 1. The van der Waals surface area contributed by atoms with Crippen LogP contribution in [-0.4, -0.2) is 63.4 Å². The number of aromatic nitrogens is 2. The number of aliphatic hydroxyl groups is 1. The Hall–Kier alpha value is -3.30. The third kappa shape index (κ3) is 4.99. The van der Waals surface area contributed by atoms with Gasteiger partial charge in [0.2, 0.25) is 0 Å². The van der Waals surface area contributed by atoms with Gasteiger partial charge in [-0.2, -0.15) is 5.10 Å². The molecule has 1 fully saturated rings. The second-order valence-corrected chi connectivity index (χ2v) is 9.50. The number of piperidine rings is 1. The maximum atomic E-state index is 14.3. The summed E-state index contributed by atoms with van der Waals surface area (Å²) in [5.41, 5.74) is 3.43. The number of amides is 1. The molecule has 9 heteroatoms. The summed E-state index contributed by atoms with van der Waals surface area (Å²) >= 11 is 0. The highest BCUT2D eigenvalue weighted by Gasteiger charge is 2.32. The lowest BCUT2D eigenvalue weighted by Crippen LogP contribution is -2.43. The van der Waals surface area contributed by atoms with Crippen LogP contribution in [0.4, 0.5) is 8.78 Å². The number of rotatable bonds is 6. The highest BCUT2D eigenvalue weighted by Crippen LogP contribution is 2.28. The van der Waals surface area contributed by atoms with E-state index in [2.05, 4.69) is 0 Å². The number of carbonyl (C=O) groups excluding carboxylic acids is 1. The van der Waals surface area contributed by atoms with Crippen LogP contribution in [0, 0.1) is 11.6 Å². The van der Waals surface area contributed by atoms with Crippen LogP contribution in [0.1, 0.15) is 45.7 Å². The molecule has 0 saturated carbocycles. The van der Waals surface area contributed by atoms with Gasteiger partial charge in [-0.3, -0.25) is 14.4 Å². The Morgan fingerprint density at radius 3 is 2.81 bits per heavy atom. The minimum atomic E-state index is -0.865. The van der Waals surface area contributed by atoms with E-state index in [9.17, 15) is 18.7 Å². The fourth-order valence-corrected chi connectivity index (χ4v) is 5.13. The molecule has 190 valence electrons. The average molecular weight is 497 g/mol. The molecular weight excluding hydrogens is 466 g/mol. The van der Waals surface area contributed by atoms with Crippen LogP contribution in [0.25, 0.3) is 0 Å². The first kappa shape index (κ1) is 24.4. The fraction of sp³-hybridized carbons (Fsp3) is 0.407. The van der Waals surface area contributed by atoms with Gasteiger partial charge < -0.3 is 14.7 Å². The molecule has 1 unspecified atom stereocenters. The zero-order valence-electron chi connectivity index (χ0n) is 20.3. The van der Waals surface area contributed by atoms with E-state index < -0.39 is 17.7 Å². The number of aliphatic hydroxyl groups excluding tert-OH is 1. The molecule has 1 amide bonds. The molecule has 0 bridgehead atoms. The van der Waals surface area contributed by atoms with Gasteiger partial charge >= 0.3 is 0 Å². The molecule has 2 aliphatic rings. The summed E-state index contributed by atoms with van der Waals surface area (Å²) in [6.45, 7) is 2.61. The molecule has 0 aliphatic carbocycles. The van der Waals surface area contributed by atoms with Crippen LogP contribution < -0.4 is 4.74 Å². The monoisotopic (exact) mass is 496 g/mol. The summed E-state index contributed by atoms with van der Waals surface area (Å²) in [6.07, 6.45) is 1.51. The summed E-state index contributed by atoms with van der Waals surface area (Å²) in [7, 11) is 1.62. The molecule has 5 rings (SSSR count). The highest BCUT2D eigenvalue weighted by atomic mass is 19.2. The van der Waals surface area contributed by atoms with E-state index >= 15 is 0 Å². The maximum Gasteiger partial charge on any atom is 0.274 e. The van der Waals surface area contributed by atoms with Crippen molar-refractivity contribution in [2.45, 2.75) is 45.0 Å². The van der Waals surface area contributed by atoms with Gasteiger partial charge in [-0.05, 0) is 36.6 Å². The minimum Gasteiger partial charge on any atom is -0.497 e. The number of halogens is 2. The molecule has 0 radical (unpaired) electrons. The zero-order chi connectivity index (χ0) is 25.2. The highest BCUT2D eigenvalue weighted by molar-refractivity contribution is 5.94. The van der Waals surface area contributed by atoms with E-state index in [1.165, 1.54) is 6.07 Å². The Bertz CT molecular complexity index is 1260. The number of methoxy groups -OCH3 is 1. The van der Waals surface area contributed by atoms with E-state index in [1.54, 1.807) is 18.1 Å². The first-order chi connectivity index (χ1) is 17.4.